The largest absolute Gasteiger partial charge is 0.416 e. The summed E-state index contributed by atoms with van der Waals surface area (Å²) in [5.74, 6) is -0.235. The van der Waals surface area contributed by atoms with E-state index < -0.39 is 11.7 Å². The fourth-order valence-corrected chi connectivity index (χ4v) is 3.36. The topological polar surface area (TPSA) is 32.3 Å². The molecule has 0 saturated heterocycles. The van der Waals surface area contributed by atoms with Crippen molar-refractivity contribution in [3.05, 3.63) is 35.4 Å². The molecule has 1 aliphatic carbocycles. The van der Waals surface area contributed by atoms with Crippen molar-refractivity contribution >= 4 is 5.91 Å². The highest BCUT2D eigenvalue weighted by molar-refractivity contribution is 5.78. The van der Waals surface area contributed by atoms with Crippen LogP contribution in [-0.4, -0.2) is 37.0 Å². The van der Waals surface area contributed by atoms with Crippen molar-refractivity contribution in [3.63, 3.8) is 0 Å². The van der Waals surface area contributed by atoms with Crippen LogP contribution in [0, 0.1) is 0 Å². The molecule has 0 heterocycles. The van der Waals surface area contributed by atoms with Gasteiger partial charge in [0.15, 0.2) is 0 Å². The molecule has 1 aromatic rings. The number of halogens is 3. The number of nitrogens with one attached hydrogen (secondary N) is 1. The van der Waals surface area contributed by atoms with Crippen LogP contribution in [0.1, 0.15) is 43.2 Å². The molecule has 0 unspecified atom stereocenters. The lowest BCUT2D eigenvalue weighted by Crippen LogP contribution is -2.54. The maximum Gasteiger partial charge on any atom is 0.416 e. The summed E-state index contributed by atoms with van der Waals surface area (Å²) in [4.78, 5) is 14.3. The van der Waals surface area contributed by atoms with Crippen LogP contribution in [-0.2, 0) is 17.4 Å². The fourth-order valence-electron chi connectivity index (χ4n) is 3.36. The van der Waals surface area contributed by atoms with Crippen LogP contribution in [0.2, 0.25) is 0 Å². The number of carbonyl (C=O) groups excluding carboxylic acids is 1. The van der Waals surface area contributed by atoms with Gasteiger partial charge in [-0.2, -0.15) is 13.2 Å². The minimum absolute atomic E-state index is 0.0343. The smallest absolute Gasteiger partial charge is 0.354 e. The molecule has 1 fully saturated rings. The predicted molar refractivity (Wildman–Crippen MR) is 87.7 cm³/mol. The lowest BCUT2D eigenvalue weighted by molar-refractivity contribution is -0.137. The third-order valence-corrected chi connectivity index (χ3v) is 4.97. The molecule has 0 bridgehead atoms. The molecule has 24 heavy (non-hydrogen) atoms. The number of nitrogens with zero attached hydrogens (tertiary/aromatic N) is 1. The third-order valence-electron chi connectivity index (χ3n) is 4.97. The number of amides is 1. The second-order valence-electron chi connectivity index (χ2n) is 6.83. The van der Waals surface area contributed by atoms with Crippen LogP contribution in [0.5, 0.6) is 0 Å². The monoisotopic (exact) mass is 342 g/mol. The Morgan fingerprint density at radius 2 is 1.88 bits per heavy atom. The number of alkyl halides is 3. The van der Waals surface area contributed by atoms with Crippen LogP contribution in [0.25, 0.3) is 0 Å². The first kappa shape index (κ1) is 18.8. The average molecular weight is 342 g/mol. The van der Waals surface area contributed by atoms with E-state index in [2.05, 4.69) is 10.2 Å². The van der Waals surface area contributed by atoms with Crippen molar-refractivity contribution in [1.29, 1.82) is 0 Å². The minimum Gasteiger partial charge on any atom is -0.354 e. The summed E-state index contributed by atoms with van der Waals surface area (Å²) in [6, 6.07) is 4.96. The molecule has 0 atom stereocenters. The van der Waals surface area contributed by atoms with Crippen LogP contribution in [0.3, 0.4) is 0 Å². The minimum atomic E-state index is -4.39. The third kappa shape index (κ3) is 4.72. The highest BCUT2D eigenvalue weighted by Crippen LogP contribution is 2.32. The van der Waals surface area contributed by atoms with E-state index in [-0.39, 0.29) is 17.9 Å². The second-order valence-corrected chi connectivity index (χ2v) is 6.83. The highest BCUT2D eigenvalue weighted by Gasteiger charge is 2.34. The standard InChI is InChI=1S/C18H25F3N2O/c1-23(2)17(9-4-3-5-10-17)13-22-16(24)12-14-7-6-8-15(11-14)18(19,20)21/h6-8,11H,3-5,9-10,12-13H2,1-2H3,(H,22,24). The molecule has 3 nitrogen and oxygen atoms in total. The summed E-state index contributed by atoms with van der Waals surface area (Å²) in [7, 11) is 4.04. The van der Waals surface area contributed by atoms with E-state index >= 15 is 0 Å². The molecule has 6 heteroatoms. The van der Waals surface area contributed by atoms with Crippen molar-refractivity contribution < 1.29 is 18.0 Å². The van der Waals surface area contributed by atoms with Crippen molar-refractivity contribution in [1.82, 2.24) is 10.2 Å². The van der Waals surface area contributed by atoms with Gasteiger partial charge in [-0.1, -0.05) is 37.5 Å². The number of hydrogen-bond donors (Lipinski definition) is 1. The normalized spacial score (nSPS) is 17.8. The number of hydrogen-bond acceptors (Lipinski definition) is 2. The van der Waals surface area contributed by atoms with E-state index in [1.807, 2.05) is 14.1 Å². The lowest BCUT2D eigenvalue weighted by atomic mass is 9.80. The van der Waals surface area contributed by atoms with E-state index in [0.717, 1.165) is 37.8 Å². The van der Waals surface area contributed by atoms with Crippen molar-refractivity contribution in [2.45, 2.75) is 50.2 Å². The molecule has 1 saturated carbocycles. The molecule has 0 aromatic heterocycles. The molecule has 1 aromatic carbocycles. The zero-order valence-electron chi connectivity index (χ0n) is 14.2. The SMILES string of the molecule is CN(C)C1(CNC(=O)Cc2cccc(C(F)(F)F)c2)CCCCC1. The van der Waals surface area contributed by atoms with Gasteiger partial charge < -0.3 is 10.2 Å². The van der Waals surface area contributed by atoms with E-state index in [1.165, 1.54) is 12.5 Å². The Balaban J connectivity index is 1.96. The van der Waals surface area contributed by atoms with Gasteiger partial charge in [0.2, 0.25) is 5.91 Å². The molecule has 1 N–H and O–H groups in total. The van der Waals surface area contributed by atoms with E-state index in [0.29, 0.717) is 12.1 Å². The van der Waals surface area contributed by atoms with Crippen LogP contribution >= 0.6 is 0 Å². The summed E-state index contributed by atoms with van der Waals surface area (Å²) in [5, 5.41) is 2.92. The molecule has 1 aliphatic rings. The second kappa shape index (κ2) is 7.55. The van der Waals surface area contributed by atoms with Gasteiger partial charge in [0.25, 0.3) is 0 Å². The van der Waals surface area contributed by atoms with Gasteiger partial charge in [0.05, 0.1) is 12.0 Å². The van der Waals surface area contributed by atoms with Gasteiger partial charge in [-0.05, 0) is 38.6 Å². The van der Waals surface area contributed by atoms with Crippen LogP contribution < -0.4 is 5.32 Å². The van der Waals surface area contributed by atoms with Gasteiger partial charge in [0.1, 0.15) is 0 Å². The molecule has 134 valence electrons. The molecule has 0 spiro atoms. The quantitative estimate of drug-likeness (QED) is 0.886. The Kier molecular flexibility index (Phi) is 5.91. The van der Waals surface area contributed by atoms with E-state index in [9.17, 15) is 18.0 Å². The predicted octanol–water partition coefficient (Wildman–Crippen LogP) is 3.63. The number of rotatable bonds is 5. The fraction of sp³-hybridized carbons (Fsp3) is 0.611. The Morgan fingerprint density at radius 1 is 1.21 bits per heavy atom. The van der Waals surface area contributed by atoms with Gasteiger partial charge in [-0.3, -0.25) is 4.79 Å². The Hall–Kier alpha value is -1.56. The molecule has 0 radical (unpaired) electrons. The van der Waals surface area contributed by atoms with E-state index in [4.69, 9.17) is 0 Å². The van der Waals surface area contributed by atoms with Gasteiger partial charge >= 0.3 is 6.18 Å². The molecule has 1 amide bonds. The first-order chi connectivity index (χ1) is 11.2. The Bertz CT molecular complexity index is 564. The average Bonchev–Trinajstić information content (AvgIpc) is 2.53. The number of benzene rings is 1. The van der Waals surface area contributed by atoms with Gasteiger partial charge in [0, 0.05) is 12.1 Å². The van der Waals surface area contributed by atoms with Crippen molar-refractivity contribution in [2.24, 2.45) is 0 Å². The Labute approximate surface area is 141 Å². The van der Waals surface area contributed by atoms with Crippen LogP contribution in [0.15, 0.2) is 24.3 Å². The highest BCUT2D eigenvalue weighted by atomic mass is 19.4. The molecular formula is C18H25F3N2O. The van der Waals surface area contributed by atoms with E-state index in [1.54, 1.807) is 6.07 Å². The zero-order valence-corrected chi connectivity index (χ0v) is 14.2. The summed E-state index contributed by atoms with van der Waals surface area (Å²) < 4.78 is 38.2. The van der Waals surface area contributed by atoms with Gasteiger partial charge in [-0.15, -0.1) is 0 Å². The summed E-state index contributed by atoms with van der Waals surface area (Å²) in [5.41, 5.74) is -0.378. The molecule has 2 rings (SSSR count). The Morgan fingerprint density at radius 3 is 2.46 bits per heavy atom. The number of carbonyl (C=O) groups is 1. The summed E-state index contributed by atoms with van der Waals surface area (Å²) >= 11 is 0. The summed E-state index contributed by atoms with van der Waals surface area (Å²) in [6.07, 6.45) is 1.14. The van der Waals surface area contributed by atoms with Gasteiger partial charge in [-0.25, -0.2) is 0 Å². The number of likely N-dealkylation sites (N-methyl/N-ethyl adjacent to an activating group) is 1. The first-order valence-corrected chi connectivity index (χ1v) is 8.33. The van der Waals surface area contributed by atoms with Crippen molar-refractivity contribution in [3.8, 4) is 0 Å². The zero-order chi connectivity index (χ0) is 17.8. The lowest BCUT2D eigenvalue weighted by Gasteiger charge is -2.43. The van der Waals surface area contributed by atoms with Crippen LogP contribution in [0.4, 0.5) is 13.2 Å². The summed E-state index contributed by atoms with van der Waals surface area (Å²) in [6.45, 7) is 0.539. The van der Waals surface area contributed by atoms with Crippen molar-refractivity contribution in [2.75, 3.05) is 20.6 Å². The maximum absolute atomic E-state index is 12.7. The maximum atomic E-state index is 12.7. The molecule has 0 aliphatic heterocycles. The molecular weight excluding hydrogens is 317 g/mol. The first-order valence-electron chi connectivity index (χ1n) is 8.33.